The summed E-state index contributed by atoms with van der Waals surface area (Å²) in [4.78, 5) is 11.8. The van der Waals surface area contributed by atoms with E-state index in [0.29, 0.717) is 11.1 Å². The Morgan fingerprint density at radius 1 is 1.06 bits per heavy atom. The highest BCUT2D eigenvalue weighted by Gasteiger charge is 2.33. The predicted octanol–water partition coefficient (Wildman–Crippen LogP) is 4.40. The number of halogens is 1. The fraction of sp³-hybridized carbons (Fsp3) is 0.250. The van der Waals surface area contributed by atoms with Gasteiger partial charge in [-0.15, -0.1) is 11.3 Å². The van der Waals surface area contributed by atoms with Gasteiger partial charge in [-0.1, -0.05) is 23.7 Å². The first-order chi connectivity index (χ1) is 15.7. The number of benzene rings is 2. The molecule has 3 aromatic rings. The van der Waals surface area contributed by atoms with Gasteiger partial charge in [-0.25, -0.2) is 4.99 Å². The predicted molar refractivity (Wildman–Crippen MR) is 131 cm³/mol. The van der Waals surface area contributed by atoms with E-state index in [1.807, 2.05) is 18.2 Å². The highest BCUT2D eigenvalue weighted by molar-refractivity contribution is 7.17. The summed E-state index contributed by atoms with van der Waals surface area (Å²) in [7, 11) is 0. The molecule has 8 heteroatoms. The molecule has 2 atom stereocenters. The van der Waals surface area contributed by atoms with Gasteiger partial charge in [-0.05, 0) is 53.2 Å². The third-order valence-electron chi connectivity index (χ3n) is 5.83. The average molecular weight is 465 g/mol. The highest BCUT2D eigenvalue weighted by atomic mass is 35.5. The van der Waals surface area contributed by atoms with Gasteiger partial charge in [0, 0.05) is 29.0 Å². The first-order valence-electron chi connectivity index (χ1n) is 10.6. The summed E-state index contributed by atoms with van der Waals surface area (Å²) in [5, 5.41) is 7.14. The molecule has 4 heterocycles. The minimum absolute atomic E-state index is 0.112. The van der Waals surface area contributed by atoms with Crippen LogP contribution in [0.5, 0.6) is 5.75 Å². The summed E-state index contributed by atoms with van der Waals surface area (Å²) < 4.78 is 12.7. The highest BCUT2D eigenvalue weighted by Crippen LogP contribution is 2.28. The molecule has 2 unspecified atom stereocenters. The molecule has 0 bridgehead atoms. The number of nitrogens with zero attached hydrogens (tertiary/aromatic N) is 3. The molecule has 162 valence electrons. The lowest BCUT2D eigenvalue weighted by atomic mass is 10.0. The molecule has 0 spiro atoms. The largest absolute Gasteiger partial charge is 0.426 e. The molecule has 1 fully saturated rings. The normalized spacial score (nSPS) is 22.7. The lowest BCUT2D eigenvalue weighted by Gasteiger charge is -2.29. The van der Waals surface area contributed by atoms with Crippen LogP contribution in [0.4, 0.5) is 5.69 Å². The maximum atomic E-state index is 6.61. The molecule has 6 nitrogen and oxygen atoms in total. The molecule has 0 aliphatic carbocycles. The van der Waals surface area contributed by atoms with Crippen LogP contribution < -0.4 is 15.0 Å². The zero-order chi connectivity index (χ0) is 21.5. The summed E-state index contributed by atoms with van der Waals surface area (Å²) in [6.45, 7) is 3.35. The van der Waals surface area contributed by atoms with Crippen LogP contribution in [0.15, 0.2) is 75.0 Å². The van der Waals surface area contributed by atoms with Crippen LogP contribution in [-0.4, -0.2) is 50.2 Å². The maximum absolute atomic E-state index is 6.61. The minimum Gasteiger partial charge on any atom is -0.426 e. The summed E-state index contributed by atoms with van der Waals surface area (Å²) >= 11 is 8.32. The first kappa shape index (κ1) is 19.8. The fourth-order valence-electron chi connectivity index (χ4n) is 4.16. The van der Waals surface area contributed by atoms with Crippen molar-refractivity contribution in [3.63, 3.8) is 0 Å². The van der Waals surface area contributed by atoms with E-state index in [9.17, 15) is 0 Å². The summed E-state index contributed by atoms with van der Waals surface area (Å²) in [6, 6.07) is 16.8. The van der Waals surface area contributed by atoms with Crippen LogP contribution in [0.25, 0.3) is 10.1 Å². The topological polar surface area (TPSA) is 58.5 Å². The standard InChI is InChI=1S/C24H21ClN4O2S/c25-19-14-20-23(28-24(26-20)31-18-5-6-21-16(13-18)7-12-32-21)27-22(19)15-1-3-17(4-2-15)29-8-10-30-11-9-29/h1-7,12-14,20,23H,8-11H2,(H,26,28). The number of hydrogen-bond acceptors (Lipinski definition) is 7. The molecule has 2 aromatic carbocycles. The van der Waals surface area contributed by atoms with Crippen LogP contribution in [-0.2, 0) is 4.74 Å². The van der Waals surface area contributed by atoms with Gasteiger partial charge in [0.1, 0.15) is 5.75 Å². The smallest absolute Gasteiger partial charge is 0.293 e. The van der Waals surface area contributed by atoms with Gasteiger partial charge in [0.15, 0.2) is 6.17 Å². The van der Waals surface area contributed by atoms with Crippen molar-refractivity contribution < 1.29 is 9.47 Å². The van der Waals surface area contributed by atoms with Gasteiger partial charge < -0.3 is 19.7 Å². The Hall–Kier alpha value is -2.87. The van der Waals surface area contributed by atoms with Gasteiger partial charge in [-0.3, -0.25) is 4.99 Å². The third kappa shape index (κ3) is 3.77. The minimum atomic E-state index is -0.300. The van der Waals surface area contributed by atoms with Crippen molar-refractivity contribution in [1.29, 1.82) is 0 Å². The number of ether oxygens (including phenoxy) is 2. The van der Waals surface area contributed by atoms with E-state index < -0.39 is 0 Å². The van der Waals surface area contributed by atoms with E-state index in [1.54, 1.807) is 11.3 Å². The van der Waals surface area contributed by atoms with Crippen molar-refractivity contribution in [3.05, 3.63) is 70.6 Å². The monoisotopic (exact) mass is 464 g/mol. The molecule has 1 saturated heterocycles. The second-order valence-corrected chi connectivity index (χ2v) is 9.23. The van der Waals surface area contributed by atoms with Crippen LogP contribution >= 0.6 is 22.9 Å². The van der Waals surface area contributed by atoms with Crippen molar-refractivity contribution in [1.82, 2.24) is 5.32 Å². The number of amidine groups is 1. The van der Waals surface area contributed by atoms with Crippen LogP contribution in [0.2, 0.25) is 0 Å². The summed E-state index contributed by atoms with van der Waals surface area (Å²) in [5.41, 5.74) is 2.92. The van der Waals surface area contributed by atoms with E-state index in [4.69, 9.17) is 26.1 Å². The van der Waals surface area contributed by atoms with Crippen molar-refractivity contribution >= 4 is 50.4 Å². The molecule has 1 N–H and O–H groups in total. The number of thiophene rings is 1. The number of morpholine rings is 1. The molecule has 0 amide bonds. The Balaban J connectivity index is 1.21. The SMILES string of the molecule is ClC1=CC2NC(Oc3ccc4sccc4c3)=NC2N=C1c1ccc(N2CCOCC2)cc1. The fourth-order valence-corrected chi connectivity index (χ4v) is 5.23. The molecule has 0 radical (unpaired) electrons. The summed E-state index contributed by atoms with van der Waals surface area (Å²) in [6.07, 6.45) is 1.66. The van der Waals surface area contributed by atoms with Crippen LogP contribution in [0.3, 0.4) is 0 Å². The van der Waals surface area contributed by atoms with Gasteiger partial charge in [-0.2, -0.15) is 0 Å². The average Bonchev–Trinajstić information content (AvgIpc) is 3.45. The maximum Gasteiger partial charge on any atom is 0.293 e. The Kier molecular flexibility index (Phi) is 5.09. The van der Waals surface area contributed by atoms with E-state index in [-0.39, 0.29) is 12.2 Å². The first-order valence-corrected chi connectivity index (χ1v) is 11.9. The van der Waals surface area contributed by atoms with E-state index in [2.05, 4.69) is 57.0 Å². The van der Waals surface area contributed by atoms with E-state index in [1.165, 1.54) is 10.4 Å². The molecule has 1 aromatic heterocycles. The Labute approximate surface area is 194 Å². The quantitative estimate of drug-likeness (QED) is 0.624. The Bertz CT molecular complexity index is 1240. The van der Waals surface area contributed by atoms with Gasteiger partial charge >= 0.3 is 0 Å². The van der Waals surface area contributed by atoms with E-state index >= 15 is 0 Å². The Morgan fingerprint density at radius 2 is 1.91 bits per heavy atom. The van der Waals surface area contributed by atoms with Crippen LogP contribution in [0, 0.1) is 0 Å². The number of nitrogens with one attached hydrogen (secondary N) is 1. The number of aliphatic imine (C=N–C) groups is 2. The zero-order valence-corrected chi connectivity index (χ0v) is 18.8. The second-order valence-electron chi connectivity index (χ2n) is 7.88. The van der Waals surface area contributed by atoms with Gasteiger partial charge in [0.25, 0.3) is 6.02 Å². The van der Waals surface area contributed by atoms with Crippen molar-refractivity contribution in [3.8, 4) is 5.75 Å². The third-order valence-corrected chi connectivity index (χ3v) is 7.03. The summed E-state index contributed by atoms with van der Waals surface area (Å²) in [5.74, 6) is 0.749. The van der Waals surface area contributed by atoms with Crippen molar-refractivity contribution in [2.45, 2.75) is 12.2 Å². The number of hydrogen-bond donors (Lipinski definition) is 1. The molecule has 3 aliphatic heterocycles. The zero-order valence-electron chi connectivity index (χ0n) is 17.2. The molecule has 3 aliphatic rings. The van der Waals surface area contributed by atoms with Gasteiger partial charge in [0.05, 0.1) is 30.0 Å². The van der Waals surface area contributed by atoms with Gasteiger partial charge in [0.2, 0.25) is 0 Å². The number of rotatable bonds is 3. The van der Waals surface area contributed by atoms with Crippen LogP contribution in [0.1, 0.15) is 5.56 Å². The van der Waals surface area contributed by atoms with Crippen molar-refractivity contribution in [2.24, 2.45) is 9.98 Å². The second kappa shape index (κ2) is 8.24. The Morgan fingerprint density at radius 3 is 2.75 bits per heavy atom. The molecular formula is C24H21ClN4O2S. The molecule has 6 rings (SSSR count). The van der Waals surface area contributed by atoms with E-state index in [0.717, 1.165) is 48.7 Å². The van der Waals surface area contributed by atoms with Crippen molar-refractivity contribution in [2.75, 3.05) is 31.2 Å². The lowest BCUT2D eigenvalue weighted by Crippen LogP contribution is -2.37. The molecule has 32 heavy (non-hydrogen) atoms. The molecule has 0 saturated carbocycles. The number of fused-ring (bicyclic) bond motifs is 2. The molecular weight excluding hydrogens is 444 g/mol. The lowest BCUT2D eigenvalue weighted by molar-refractivity contribution is 0.122. The number of dihydropyridines is 1. The number of allylic oxidation sites excluding steroid dienone is 1. The number of anilines is 1.